The number of carbonyl (C=O) groups excluding carboxylic acids is 1. The van der Waals surface area contributed by atoms with Crippen LogP contribution in [-0.4, -0.2) is 34.8 Å². The van der Waals surface area contributed by atoms with E-state index in [2.05, 4.69) is 15.7 Å². The number of carbonyl (C=O) groups is 1. The van der Waals surface area contributed by atoms with Gasteiger partial charge in [-0.3, -0.25) is 9.48 Å². The van der Waals surface area contributed by atoms with E-state index in [1.54, 1.807) is 4.68 Å². The molecule has 1 aromatic heterocycles. The molecule has 0 bridgehead atoms. The Balaban J connectivity index is 1.67. The van der Waals surface area contributed by atoms with Gasteiger partial charge in [0.2, 0.25) is 0 Å². The van der Waals surface area contributed by atoms with Crippen molar-refractivity contribution in [2.45, 2.75) is 39.2 Å². The number of amides is 1. The standard InChI is InChI=1S/C15H24N4O/c1-9-14(10(2)19(3)18-9)15(20)17-13-5-4-11-7-16-8-12(11)6-13/h11-13,16H,4-8H2,1-3H3,(H,17,20)/t11-,12+,13?/m0/s1. The van der Waals surface area contributed by atoms with E-state index in [1.165, 1.54) is 6.42 Å². The molecule has 0 radical (unpaired) electrons. The predicted octanol–water partition coefficient (Wildman–Crippen LogP) is 1.15. The monoisotopic (exact) mass is 276 g/mol. The minimum Gasteiger partial charge on any atom is -0.349 e. The molecule has 1 amide bonds. The van der Waals surface area contributed by atoms with Crippen molar-refractivity contribution < 1.29 is 4.79 Å². The Hall–Kier alpha value is -1.36. The summed E-state index contributed by atoms with van der Waals surface area (Å²) in [5, 5.41) is 11.0. The van der Waals surface area contributed by atoms with Crippen molar-refractivity contribution in [3.8, 4) is 0 Å². The minimum atomic E-state index is 0.0440. The highest BCUT2D eigenvalue weighted by Crippen LogP contribution is 2.32. The molecule has 3 atom stereocenters. The average Bonchev–Trinajstić information content (AvgIpc) is 2.94. The van der Waals surface area contributed by atoms with Crippen molar-refractivity contribution in [3.05, 3.63) is 17.0 Å². The topological polar surface area (TPSA) is 59.0 Å². The highest BCUT2D eigenvalue weighted by atomic mass is 16.1. The third-order valence-corrected chi connectivity index (χ3v) is 5.02. The third kappa shape index (κ3) is 2.35. The summed E-state index contributed by atoms with van der Waals surface area (Å²) in [4.78, 5) is 12.5. The Morgan fingerprint density at radius 2 is 2.05 bits per heavy atom. The summed E-state index contributed by atoms with van der Waals surface area (Å²) in [7, 11) is 1.88. The Labute approximate surface area is 120 Å². The van der Waals surface area contributed by atoms with Crippen LogP contribution in [0.5, 0.6) is 0 Å². The molecule has 1 saturated carbocycles. The Morgan fingerprint density at radius 3 is 2.75 bits per heavy atom. The molecule has 1 aliphatic heterocycles. The first kappa shape index (κ1) is 13.6. The van der Waals surface area contributed by atoms with Crippen molar-refractivity contribution in [1.29, 1.82) is 0 Å². The van der Waals surface area contributed by atoms with Crippen LogP contribution < -0.4 is 10.6 Å². The van der Waals surface area contributed by atoms with Gasteiger partial charge in [0.05, 0.1) is 11.3 Å². The molecule has 1 saturated heterocycles. The molecule has 2 heterocycles. The number of aryl methyl sites for hydroxylation is 2. The summed E-state index contributed by atoms with van der Waals surface area (Å²) < 4.78 is 1.78. The van der Waals surface area contributed by atoms with E-state index in [4.69, 9.17) is 0 Å². The van der Waals surface area contributed by atoms with Crippen molar-refractivity contribution in [3.63, 3.8) is 0 Å². The third-order valence-electron chi connectivity index (χ3n) is 5.02. The van der Waals surface area contributed by atoms with Crippen LogP contribution in [0.25, 0.3) is 0 Å². The summed E-state index contributed by atoms with van der Waals surface area (Å²) in [6.45, 7) is 6.13. The number of rotatable bonds is 2. The number of hydrogen-bond donors (Lipinski definition) is 2. The van der Waals surface area contributed by atoms with Gasteiger partial charge in [0, 0.05) is 18.8 Å². The summed E-state index contributed by atoms with van der Waals surface area (Å²) >= 11 is 0. The minimum absolute atomic E-state index is 0.0440. The lowest BCUT2D eigenvalue weighted by Gasteiger charge is -2.31. The lowest BCUT2D eigenvalue weighted by molar-refractivity contribution is 0.0912. The van der Waals surface area contributed by atoms with Gasteiger partial charge in [0.1, 0.15) is 0 Å². The van der Waals surface area contributed by atoms with Gasteiger partial charge in [0.15, 0.2) is 0 Å². The molecule has 1 aromatic rings. The highest BCUT2D eigenvalue weighted by Gasteiger charge is 2.34. The van der Waals surface area contributed by atoms with Crippen LogP contribution in [0.2, 0.25) is 0 Å². The Morgan fingerprint density at radius 1 is 1.30 bits per heavy atom. The van der Waals surface area contributed by atoms with Gasteiger partial charge in [-0.05, 0) is 58.0 Å². The van der Waals surface area contributed by atoms with Gasteiger partial charge in [0.25, 0.3) is 5.91 Å². The number of nitrogens with zero attached hydrogens (tertiary/aromatic N) is 2. The maximum absolute atomic E-state index is 12.5. The van der Waals surface area contributed by atoms with Crippen molar-refractivity contribution in [1.82, 2.24) is 20.4 Å². The van der Waals surface area contributed by atoms with E-state index in [9.17, 15) is 4.79 Å². The van der Waals surface area contributed by atoms with E-state index < -0.39 is 0 Å². The first-order valence-electron chi connectivity index (χ1n) is 7.58. The molecule has 20 heavy (non-hydrogen) atoms. The second-order valence-corrected chi connectivity index (χ2v) is 6.33. The first-order valence-corrected chi connectivity index (χ1v) is 7.58. The zero-order chi connectivity index (χ0) is 14.3. The molecule has 2 fully saturated rings. The van der Waals surface area contributed by atoms with E-state index in [0.29, 0.717) is 6.04 Å². The van der Waals surface area contributed by atoms with Gasteiger partial charge in [-0.2, -0.15) is 5.10 Å². The molecule has 0 spiro atoms. The molecular formula is C15H24N4O. The lowest BCUT2D eigenvalue weighted by Crippen LogP contribution is -2.41. The fourth-order valence-corrected chi connectivity index (χ4v) is 3.79. The van der Waals surface area contributed by atoms with Crippen LogP contribution in [0.4, 0.5) is 0 Å². The van der Waals surface area contributed by atoms with Crippen LogP contribution in [0.15, 0.2) is 0 Å². The van der Waals surface area contributed by atoms with Crippen molar-refractivity contribution in [2.24, 2.45) is 18.9 Å². The fourth-order valence-electron chi connectivity index (χ4n) is 3.79. The van der Waals surface area contributed by atoms with Gasteiger partial charge in [-0.25, -0.2) is 0 Å². The average molecular weight is 276 g/mol. The molecule has 1 unspecified atom stereocenters. The zero-order valence-electron chi connectivity index (χ0n) is 12.6. The number of aromatic nitrogens is 2. The molecule has 5 nitrogen and oxygen atoms in total. The molecule has 3 rings (SSSR count). The van der Waals surface area contributed by atoms with Crippen molar-refractivity contribution in [2.75, 3.05) is 13.1 Å². The van der Waals surface area contributed by atoms with Gasteiger partial charge in [-0.15, -0.1) is 0 Å². The first-order chi connectivity index (χ1) is 9.56. The van der Waals surface area contributed by atoms with E-state index in [1.807, 2.05) is 20.9 Å². The smallest absolute Gasteiger partial charge is 0.255 e. The van der Waals surface area contributed by atoms with Crippen molar-refractivity contribution >= 4 is 5.91 Å². The van der Waals surface area contributed by atoms with Crippen LogP contribution in [0.1, 0.15) is 41.0 Å². The SMILES string of the molecule is Cc1nn(C)c(C)c1C(=O)NC1CC[C@H]2CNC[C@H]2C1. The summed E-state index contributed by atoms with van der Waals surface area (Å²) in [6.07, 6.45) is 3.45. The number of nitrogens with one attached hydrogen (secondary N) is 2. The normalized spacial score (nSPS) is 29.2. The maximum atomic E-state index is 12.5. The van der Waals surface area contributed by atoms with Crippen LogP contribution in [0, 0.1) is 25.7 Å². The molecule has 1 aliphatic carbocycles. The van der Waals surface area contributed by atoms with Gasteiger partial charge in [-0.1, -0.05) is 0 Å². The molecular weight excluding hydrogens is 252 g/mol. The van der Waals surface area contributed by atoms with E-state index in [-0.39, 0.29) is 5.91 Å². The lowest BCUT2D eigenvalue weighted by atomic mass is 9.79. The molecule has 2 N–H and O–H groups in total. The van der Waals surface area contributed by atoms with Gasteiger partial charge < -0.3 is 10.6 Å². The molecule has 5 heteroatoms. The van der Waals surface area contributed by atoms with Gasteiger partial charge >= 0.3 is 0 Å². The Bertz CT molecular complexity index is 522. The number of hydrogen-bond acceptors (Lipinski definition) is 3. The highest BCUT2D eigenvalue weighted by molar-refractivity contribution is 5.96. The maximum Gasteiger partial charge on any atom is 0.255 e. The summed E-state index contributed by atoms with van der Waals surface area (Å²) in [5.41, 5.74) is 2.51. The quantitative estimate of drug-likeness (QED) is 0.852. The second-order valence-electron chi connectivity index (χ2n) is 6.33. The largest absolute Gasteiger partial charge is 0.349 e. The fraction of sp³-hybridized carbons (Fsp3) is 0.733. The molecule has 0 aromatic carbocycles. The second kappa shape index (κ2) is 5.20. The molecule has 110 valence electrons. The number of fused-ring (bicyclic) bond motifs is 1. The van der Waals surface area contributed by atoms with E-state index in [0.717, 1.165) is 54.7 Å². The van der Waals surface area contributed by atoms with Crippen LogP contribution >= 0.6 is 0 Å². The molecule has 2 aliphatic rings. The van der Waals surface area contributed by atoms with Crippen LogP contribution in [-0.2, 0) is 7.05 Å². The van der Waals surface area contributed by atoms with Crippen LogP contribution in [0.3, 0.4) is 0 Å². The summed E-state index contributed by atoms with van der Waals surface area (Å²) in [6, 6.07) is 0.322. The van der Waals surface area contributed by atoms with E-state index >= 15 is 0 Å². The Kier molecular flexibility index (Phi) is 3.54. The predicted molar refractivity (Wildman–Crippen MR) is 77.6 cm³/mol. The zero-order valence-corrected chi connectivity index (χ0v) is 12.6. The summed E-state index contributed by atoms with van der Waals surface area (Å²) in [5.74, 6) is 1.61.